The summed E-state index contributed by atoms with van der Waals surface area (Å²) >= 11 is 0. The van der Waals surface area contributed by atoms with E-state index in [1.807, 2.05) is 10.7 Å². The first-order valence-corrected chi connectivity index (χ1v) is 7.14. The lowest BCUT2D eigenvalue weighted by Crippen LogP contribution is -2.15. The van der Waals surface area contributed by atoms with Crippen LogP contribution in [0.15, 0.2) is 24.4 Å². The van der Waals surface area contributed by atoms with Gasteiger partial charge in [-0.3, -0.25) is 0 Å². The van der Waals surface area contributed by atoms with Crippen molar-refractivity contribution in [3.63, 3.8) is 0 Å². The third-order valence-electron chi connectivity index (χ3n) is 3.14. The van der Waals surface area contributed by atoms with Crippen LogP contribution in [-0.4, -0.2) is 21.5 Å². The van der Waals surface area contributed by atoms with Crippen molar-refractivity contribution in [1.29, 1.82) is 0 Å². The molecule has 0 aliphatic rings. The minimum absolute atomic E-state index is 0.174. The molecule has 1 heterocycles. The first-order valence-electron chi connectivity index (χ1n) is 7.14. The number of hydrogen-bond acceptors (Lipinski definition) is 3. The Labute approximate surface area is 119 Å². The normalized spacial score (nSPS) is 10.9. The molecular weight excluding hydrogens is 255 g/mol. The van der Waals surface area contributed by atoms with Crippen molar-refractivity contribution < 1.29 is 4.39 Å². The van der Waals surface area contributed by atoms with Crippen LogP contribution in [0.3, 0.4) is 0 Å². The van der Waals surface area contributed by atoms with E-state index in [1.54, 1.807) is 12.3 Å². The Bertz CT molecular complexity index is 551. The van der Waals surface area contributed by atoms with Crippen LogP contribution in [0.1, 0.15) is 32.3 Å². The monoisotopic (exact) mass is 276 g/mol. The first-order chi connectivity index (χ1) is 9.76. The van der Waals surface area contributed by atoms with Gasteiger partial charge < -0.3 is 5.32 Å². The average Bonchev–Trinajstić information content (AvgIpc) is 2.90. The maximum absolute atomic E-state index is 13.8. The molecule has 0 radical (unpaired) electrons. The van der Waals surface area contributed by atoms with Crippen LogP contribution >= 0.6 is 0 Å². The highest BCUT2D eigenvalue weighted by Gasteiger charge is 2.09. The second-order valence-corrected chi connectivity index (χ2v) is 4.83. The summed E-state index contributed by atoms with van der Waals surface area (Å²) in [4.78, 5) is 0. The van der Waals surface area contributed by atoms with Crippen molar-refractivity contribution >= 4 is 0 Å². The lowest BCUT2D eigenvalue weighted by atomic mass is 10.1. The van der Waals surface area contributed by atoms with Gasteiger partial charge in [0.2, 0.25) is 0 Å². The Morgan fingerprint density at radius 3 is 2.85 bits per heavy atom. The van der Waals surface area contributed by atoms with E-state index >= 15 is 0 Å². The van der Waals surface area contributed by atoms with Crippen molar-refractivity contribution in [3.05, 3.63) is 35.8 Å². The van der Waals surface area contributed by atoms with E-state index in [9.17, 15) is 4.39 Å². The Kier molecular flexibility index (Phi) is 5.24. The SMILES string of the molecule is CCCNCc1cc(-c2cnnn2CCC)ccc1F. The molecule has 1 aromatic carbocycles. The van der Waals surface area contributed by atoms with Gasteiger partial charge in [-0.05, 0) is 37.6 Å². The van der Waals surface area contributed by atoms with Crippen LogP contribution in [0.2, 0.25) is 0 Å². The Balaban J connectivity index is 2.23. The van der Waals surface area contributed by atoms with Gasteiger partial charge in [0.25, 0.3) is 0 Å². The van der Waals surface area contributed by atoms with Gasteiger partial charge in [-0.2, -0.15) is 0 Å². The number of nitrogens with zero attached hydrogens (tertiary/aromatic N) is 3. The Morgan fingerprint density at radius 2 is 2.10 bits per heavy atom. The van der Waals surface area contributed by atoms with Gasteiger partial charge >= 0.3 is 0 Å². The second kappa shape index (κ2) is 7.14. The number of nitrogens with one attached hydrogen (secondary N) is 1. The molecule has 2 rings (SSSR count). The van der Waals surface area contributed by atoms with Gasteiger partial charge in [0.15, 0.2) is 0 Å². The first kappa shape index (κ1) is 14.7. The summed E-state index contributed by atoms with van der Waals surface area (Å²) in [6.07, 6.45) is 3.75. The fourth-order valence-electron chi connectivity index (χ4n) is 2.13. The highest BCUT2D eigenvalue weighted by molar-refractivity contribution is 5.59. The molecule has 1 aromatic heterocycles. The van der Waals surface area contributed by atoms with Crippen molar-refractivity contribution in [2.75, 3.05) is 6.54 Å². The van der Waals surface area contributed by atoms with E-state index in [4.69, 9.17) is 0 Å². The summed E-state index contributed by atoms with van der Waals surface area (Å²) in [5.74, 6) is -0.174. The molecule has 0 unspecified atom stereocenters. The van der Waals surface area contributed by atoms with Crippen LogP contribution in [0, 0.1) is 5.82 Å². The zero-order valence-electron chi connectivity index (χ0n) is 12.1. The van der Waals surface area contributed by atoms with Gasteiger partial charge in [-0.15, -0.1) is 5.10 Å². The minimum atomic E-state index is -0.174. The summed E-state index contributed by atoms with van der Waals surface area (Å²) in [6.45, 7) is 6.43. The highest BCUT2D eigenvalue weighted by Crippen LogP contribution is 2.21. The third-order valence-corrected chi connectivity index (χ3v) is 3.14. The summed E-state index contributed by atoms with van der Waals surface area (Å²) < 4.78 is 15.7. The molecule has 0 saturated carbocycles. The highest BCUT2D eigenvalue weighted by atomic mass is 19.1. The molecule has 0 atom stereocenters. The predicted molar refractivity (Wildman–Crippen MR) is 77.7 cm³/mol. The standard InChI is InChI=1S/C15H21FN4/c1-3-7-17-10-13-9-12(5-6-14(13)16)15-11-18-19-20(15)8-4-2/h5-6,9,11,17H,3-4,7-8,10H2,1-2H3. The van der Waals surface area contributed by atoms with Gasteiger partial charge in [0, 0.05) is 24.2 Å². The maximum atomic E-state index is 13.8. The van der Waals surface area contributed by atoms with Crippen molar-refractivity contribution in [2.45, 2.75) is 39.8 Å². The van der Waals surface area contributed by atoms with Crippen LogP contribution < -0.4 is 5.32 Å². The number of aryl methyl sites for hydroxylation is 1. The zero-order valence-corrected chi connectivity index (χ0v) is 12.1. The van der Waals surface area contributed by atoms with Gasteiger partial charge in [-0.25, -0.2) is 9.07 Å². The van der Waals surface area contributed by atoms with E-state index in [1.165, 1.54) is 6.07 Å². The lowest BCUT2D eigenvalue weighted by molar-refractivity contribution is 0.580. The summed E-state index contributed by atoms with van der Waals surface area (Å²) in [5, 5.41) is 11.2. The number of rotatable bonds is 7. The van der Waals surface area contributed by atoms with E-state index < -0.39 is 0 Å². The Morgan fingerprint density at radius 1 is 1.25 bits per heavy atom. The molecule has 4 nitrogen and oxygen atoms in total. The molecule has 5 heteroatoms. The lowest BCUT2D eigenvalue weighted by Gasteiger charge is -2.09. The molecule has 20 heavy (non-hydrogen) atoms. The summed E-state index contributed by atoms with van der Waals surface area (Å²) in [7, 11) is 0. The van der Waals surface area contributed by atoms with Gasteiger partial charge in [-0.1, -0.05) is 19.1 Å². The summed E-state index contributed by atoms with van der Waals surface area (Å²) in [6, 6.07) is 5.17. The van der Waals surface area contributed by atoms with E-state index in [-0.39, 0.29) is 5.82 Å². The topological polar surface area (TPSA) is 42.7 Å². The number of benzene rings is 1. The van der Waals surface area contributed by atoms with E-state index in [0.717, 1.165) is 37.2 Å². The maximum Gasteiger partial charge on any atom is 0.127 e. The van der Waals surface area contributed by atoms with Crippen molar-refractivity contribution in [2.24, 2.45) is 0 Å². The molecular formula is C15H21FN4. The number of hydrogen-bond donors (Lipinski definition) is 1. The number of halogens is 1. The van der Waals surface area contributed by atoms with Crippen LogP contribution in [-0.2, 0) is 13.1 Å². The van der Waals surface area contributed by atoms with E-state index in [2.05, 4.69) is 29.5 Å². The zero-order chi connectivity index (χ0) is 14.4. The fourth-order valence-corrected chi connectivity index (χ4v) is 2.13. The van der Waals surface area contributed by atoms with Crippen LogP contribution in [0.25, 0.3) is 11.3 Å². The molecule has 0 spiro atoms. The minimum Gasteiger partial charge on any atom is -0.313 e. The third kappa shape index (κ3) is 3.42. The molecule has 108 valence electrons. The summed E-state index contributed by atoms with van der Waals surface area (Å²) in [5.41, 5.74) is 2.57. The molecule has 0 aliphatic carbocycles. The van der Waals surface area contributed by atoms with E-state index in [0.29, 0.717) is 12.1 Å². The Hall–Kier alpha value is -1.75. The largest absolute Gasteiger partial charge is 0.313 e. The van der Waals surface area contributed by atoms with Crippen LogP contribution in [0.5, 0.6) is 0 Å². The molecule has 0 saturated heterocycles. The molecule has 0 bridgehead atoms. The molecule has 0 amide bonds. The molecule has 0 fully saturated rings. The molecule has 2 aromatic rings. The molecule has 0 aliphatic heterocycles. The fraction of sp³-hybridized carbons (Fsp3) is 0.467. The van der Waals surface area contributed by atoms with Crippen molar-refractivity contribution in [1.82, 2.24) is 20.3 Å². The smallest absolute Gasteiger partial charge is 0.127 e. The van der Waals surface area contributed by atoms with Gasteiger partial charge in [0.1, 0.15) is 5.82 Å². The molecule has 1 N–H and O–H groups in total. The second-order valence-electron chi connectivity index (χ2n) is 4.83. The number of aromatic nitrogens is 3. The quantitative estimate of drug-likeness (QED) is 0.791. The average molecular weight is 276 g/mol. The van der Waals surface area contributed by atoms with Crippen LogP contribution in [0.4, 0.5) is 4.39 Å². The van der Waals surface area contributed by atoms with Crippen molar-refractivity contribution in [3.8, 4) is 11.3 Å². The predicted octanol–water partition coefficient (Wildman–Crippen LogP) is 2.99. The van der Waals surface area contributed by atoms with Gasteiger partial charge in [0.05, 0.1) is 11.9 Å².